The average Bonchev–Trinajstić information content (AvgIpc) is 3.21. The number of furan rings is 1. The van der Waals surface area contributed by atoms with Crippen LogP contribution in [0.1, 0.15) is 37.7 Å². The van der Waals surface area contributed by atoms with Crippen LogP contribution >= 0.6 is 0 Å². The zero-order valence-electron chi connectivity index (χ0n) is 21.3. The van der Waals surface area contributed by atoms with E-state index in [1.807, 2.05) is 36.4 Å². The number of aliphatic carboxylic acids is 1. The summed E-state index contributed by atoms with van der Waals surface area (Å²) in [5.41, 5.74) is 4.93. The SMILES string of the molecule is CCc1cccc2oc(COc3ccc(-c4ccc(S(=O)(=O)N[C@H](C(=O)O)C(C)C)cc4)cc3)c(C)c12. The molecule has 0 saturated carbocycles. The molecule has 0 unspecified atom stereocenters. The van der Waals surface area contributed by atoms with Crippen LogP contribution in [0.5, 0.6) is 5.75 Å². The van der Waals surface area contributed by atoms with Gasteiger partial charge in [0.1, 0.15) is 29.7 Å². The normalized spacial score (nSPS) is 12.7. The van der Waals surface area contributed by atoms with E-state index in [1.165, 1.54) is 17.7 Å². The van der Waals surface area contributed by atoms with Crippen molar-refractivity contribution in [2.24, 2.45) is 5.92 Å². The number of hydrogen-bond acceptors (Lipinski definition) is 5. The first-order valence-corrected chi connectivity index (χ1v) is 13.7. The largest absolute Gasteiger partial charge is 0.486 e. The molecule has 0 amide bonds. The van der Waals surface area contributed by atoms with Crippen molar-refractivity contribution in [2.45, 2.75) is 51.7 Å². The summed E-state index contributed by atoms with van der Waals surface area (Å²) >= 11 is 0. The number of hydrogen-bond donors (Lipinski definition) is 2. The summed E-state index contributed by atoms with van der Waals surface area (Å²) in [5.74, 6) is -0.111. The van der Waals surface area contributed by atoms with E-state index in [2.05, 4.69) is 24.6 Å². The predicted octanol–water partition coefficient (Wildman–Crippen LogP) is 5.94. The Morgan fingerprint density at radius 1 is 1.00 bits per heavy atom. The summed E-state index contributed by atoms with van der Waals surface area (Å²) in [6.45, 7) is 7.80. The maximum Gasteiger partial charge on any atom is 0.322 e. The molecule has 2 N–H and O–H groups in total. The van der Waals surface area contributed by atoms with E-state index in [9.17, 15) is 18.3 Å². The summed E-state index contributed by atoms with van der Waals surface area (Å²) in [6, 6.07) is 18.7. The molecule has 0 radical (unpaired) electrons. The van der Waals surface area contributed by atoms with Crippen molar-refractivity contribution in [3.05, 3.63) is 83.6 Å². The molecule has 0 spiro atoms. The predicted molar refractivity (Wildman–Crippen MR) is 143 cm³/mol. The topological polar surface area (TPSA) is 106 Å². The van der Waals surface area contributed by atoms with Gasteiger partial charge in [-0.3, -0.25) is 4.79 Å². The highest BCUT2D eigenvalue weighted by molar-refractivity contribution is 7.89. The van der Waals surface area contributed by atoms with E-state index in [-0.39, 0.29) is 4.90 Å². The van der Waals surface area contributed by atoms with Gasteiger partial charge in [-0.05, 0) is 66.3 Å². The van der Waals surface area contributed by atoms with Gasteiger partial charge in [0.25, 0.3) is 0 Å². The number of carboxylic acids is 1. The van der Waals surface area contributed by atoms with Crippen LogP contribution in [-0.2, 0) is 27.8 Å². The van der Waals surface area contributed by atoms with E-state index < -0.39 is 28.0 Å². The van der Waals surface area contributed by atoms with Crippen LogP contribution in [0.2, 0.25) is 0 Å². The lowest BCUT2D eigenvalue weighted by Crippen LogP contribution is -2.44. The lowest BCUT2D eigenvalue weighted by atomic mass is 10.0. The van der Waals surface area contributed by atoms with E-state index in [0.717, 1.165) is 39.8 Å². The first-order chi connectivity index (χ1) is 17.6. The van der Waals surface area contributed by atoms with Crippen LogP contribution in [0.25, 0.3) is 22.1 Å². The van der Waals surface area contributed by atoms with Crippen LogP contribution in [0.4, 0.5) is 0 Å². The first kappa shape index (κ1) is 26.4. The zero-order chi connectivity index (χ0) is 26.7. The highest BCUT2D eigenvalue weighted by Gasteiger charge is 2.28. The molecule has 0 saturated heterocycles. The van der Waals surface area contributed by atoms with Gasteiger partial charge in [0, 0.05) is 10.9 Å². The Kier molecular flexibility index (Phi) is 7.71. The monoisotopic (exact) mass is 521 g/mol. The maximum absolute atomic E-state index is 12.7. The van der Waals surface area contributed by atoms with Crippen molar-refractivity contribution >= 4 is 27.0 Å². The Morgan fingerprint density at radius 3 is 2.19 bits per heavy atom. The lowest BCUT2D eigenvalue weighted by molar-refractivity contribution is -0.140. The Hall–Kier alpha value is -3.62. The standard InChI is InChI=1S/C29H31NO6S/c1-5-20-7-6-8-25-27(20)19(4)26(36-25)17-35-23-13-9-21(10-14-23)22-11-15-24(16-12-22)37(33,34)30-28(18(2)3)29(31)32/h6-16,18,28,30H,5,17H2,1-4H3,(H,31,32)/t28-/m0/s1. The number of ether oxygens (including phenoxy) is 1. The third-order valence-electron chi connectivity index (χ3n) is 6.46. The van der Waals surface area contributed by atoms with Crippen LogP contribution in [0.3, 0.4) is 0 Å². The molecule has 3 aromatic carbocycles. The van der Waals surface area contributed by atoms with Crippen molar-refractivity contribution in [1.29, 1.82) is 0 Å². The molecular formula is C29H31NO6S. The van der Waals surface area contributed by atoms with Crippen molar-refractivity contribution in [1.82, 2.24) is 4.72 Å². The Bertz CT molecular complexity index is 1500. The Balaban J connectivity index is 1.44. The Morgan fingerprint density at radius 2 is 1.62 bits per heavy atom. The molecule has 0 fully saturated rings. The van der Waals surface area contributed by atoms with E-state index in [4.69, 9.17) is 9.15 Å². The molecule has 0 aliphatic rings. The summed E-state index contributed by atoms with van der Waals surface area (Å²) in [5, 5.41) is 10.5. The summed E-state index contributed by atoms with van der Waals surface area (Å²) in [7, 11) is -3.97. The number of nitrogens with one attached hydrogen (secondary N) is 1. The van der Waals surface area contributed by atoms with Gasteiger partial charge in [-0.2, -0.15) is 4.72 Å². The quantitative estimate of drug-likeness (QED) is 0.268. The molecule has 1 heterocycles. The second kappa shape index (κ2) is 10.8. The highest BCUT2D eigenvalue weighted by atomic mass is 32.2. The molecule has 0 aliphatic heterocycles. The first-order valence-electron chi connectivity index (χ1n) is 12.2. The minimum Gasteiger partial charge on any atom is -0.486 e. The maximum atomic E-state index is 12.7. The molecule has 8 heteroatoms. The molecule has 194 valence electrons. The summed E-state index contributed by atoms with van der Waals surface area (Å²) < 4.78 is 39.6. The van der Waals surface area contributed by atoms with Crippen LogP contribution in [0.15, 0.2) is 76.0 Å². The molecule has 7 nitrogen and oxygen atoms in total. The van der Waals surface area contributed by atoms with Gasteiger partial charge in [0.15, 0.2) is 0 Å². The molecule has 0 aliphatic carbocycles. The molecule has 1 aromatic heterocycles. The van der Waals surface area contributed by atoms with Gasteiger partial charge in [-0.1, -0.05) is 57.2 Å². The van der Waals surface area contributed by atoms with Crippen LogP contribution in [0, 0.1) is 12.8 Å². The second-order valence-electron chi connectivity index (χ2n) is 9.31. The number of benzene rings is 3. The number of carbonyl (C=O) groups is 1. The number of carboxylic acid groups (broad SMARTS) is 1. The van der Waals surface area contributed by atoms with Crippen molar-refractivity contribution in [3.63, 3.8) is 0 Å². The molecule has 1 atom stereocenters. The van der Waals surface area contributed by atoms with E-state index in [1.54, 1.807) is 26.0 Å². The third kappa shape index (κ3) is 5.70. The van der Waals surface area contributed by atoms with Crippen molar-refractivity contribution < 1.29 is 27.5 Å². The zero-order valence-corrected chi connectivity index (χ0v) is 22.1. The fourth-order valence-corrected chi connectivity index (χ4v) is 5.63. The van der Waals surface area contributed by atoms with Crippen LogP contribution < -0.4 is 9.46 Å². The van der Waals surface area contributed by atoms with Crippen LogP contribution in [-0.4, -0.2) is 25.5 Å². The average molecular weight is 522 g/mol. The molecular weight excluding hydrogens is 490 g/mol. The van der Waals surface area contributed by atoms with Gasteiger partial charge in [-0.25, -0.2) is 8.42 Å². The number of aryl methyl sites for hydroxylation is 2. The number of rotatable bonds is 10. The minimum atomic E-state index is -3.97. The fraction of sp³-hybridized carbons (Fsp3) is 0.276. The smallest absolute Gasteiger partial charge is 0.322 e. The summed E-state index contributed by atoms with van der Waals surface area (Å²) in [4.78, 5) is 11.4. The van der Waals surface area contributed by atoms with E-state index in [0.29, 0.717) is 12.4 Å². The van der Waals surface area contributed by atoms with Gasteiger partial charge < -0.3 is 14.3 Å². The van der Waals surface area contributed by atoms with Gasteiger partial charge in [0.05, 0.1) is 4.90 Å². The molecule has 4 rings (SSSR count). The van der Waals surface area contributed by atoms with Gasteiger partial charge in [-0.15, -0.1) is 0 Å². The fourth-order valence-electron chi connectivity index (χ4n) is 4.29. The molecule has 0 bridgehead atoms. The highest BCUT2D eigenvalue weighted by Crippen LogP contribution is 2.30. The third-order valence-corrected chi connectivity index (χ3v) is 7.91. The van der Waals surface area contributed by atoms with E-state index >= 15 is 0 Å². The van der Waals surface area contributed by atoms with Crippen molar-refractivity contribution in [2.75, 3.05) is 0 Å². The van der Waals surface area contributed by atoms with Gasteiger partial charge >= 0.3 is 5.97 Å². The van der Waals surface area contributed by atoms with Gasteiger partial charge in [0.2, 0.25) is 10.0 Å². The second-order valence-corrected chi connectivity index (χ2v) is 11.0. The lowest BCUT2D eigenvalue weighted by Gasteiger charge is -2.18. The summed E-state index contributed by atoms with van der Waals surface area (Å²) in [6.07, 6.45) is 0.934. The molecule has 4 aromatic rings. The molecule has 37 heavy (non-hydrogen) atoms. The minimum absolute atomic E-state index is 0.00976. The van der Waals surface area contributed by atoms with Crippen molar-refractivity contribution in [3.8, 4) is 16.9 Å². The number of sulfonamides is 1. The Labute approximate surface area is 217 Å². The number of fused-ring (bicyclic) bond motifs is 1.